The van der Waals surface area contributed by atoms with E-state index in [2.05, 4.69) is 5.32 Å². The molecule has 23 heavy (non-hydrogen) atoms. The molecular formula is C18H21N3O2. The van der Waals surface area contributed by atoms with Crippen molar-refractivity contribution in [1.82, 2.24) is 0 Å². The SMILES string of the molecule is CC(=O)N(C)c1ccc(NCC(=O)N(C)c2ccccc2)cc1. The maximum atomic E-state index is 12.2. The molecule has 0 radical (unpaired) electrons. The Balaban J connectivity index is 1.93. The van der Waals surface area contributed by atoms with Crippen LogP contribution in [0.4, 0.5) is 17.1 Å². The van der Waals surface area contributed by atoms with E-state index in [1.807, 2.05) is 54.6 Å². The first kappa shape index (κ1) is 16.5. The first-order chi connectivity index (χ1) is 11.0. The highest BCUT2D eigenvalue weighted by molar-refractivity contribution is 5.95. The number of para-hydroxylation sites is 1. The lowest BCUT2D eigenvalue weighted by Crippen LogP contribution is -2.32. The van der Waals surface area contributed by atoms with Gasteiger partial charge in [-0.1, -0.05) is 18.2 Å². The molecule has 5 nitrogen and oxygen atoms in total. The summed E-state index contributed by atoms with van der Waals surface area (Å²) in [6, 6.07) is 16.9. The van der Waals surface area contributed by atoms with Gasteiger partial charge >= 0.3 is 0 Å². The number of nitrogens with one attached hydrogen (secondary N) is 1. The highest BCUT2D eigenvalue weighted by Gasteiger charge is 2.10. The number of nitrogens with zero attached hydrogens (tertiary/aromatic N) is 2. The number of carbonyl (C=O) groups is 2. The third-order valence-corrected chi connectivity index (χ3v) is 3.69. The summed E-state index contributed by atoms with van der Waals surface area (Å²) in [6.45, 7) is 1.72. The van der Waals surface area contributed by atoms with Crippen LogP contribution in [-0.2, 0) is 9.59 Å². The number of hydrogen-bond donors (Lipinski definition) is 1. The fourth-order valence-electron chi connectivity index (χ4n) is 2.08. The Labute approximate surface area is 136 Å². The number of anilines is 3. The lowest BCUT2D eigenvalue weighted by Gasteiger charge is -2.18. The van der Waals surface area contributed by atoms with Gasteiger partial charge in [-0.25, -0.2) is 0 Å². The molecule has 0 aliphatic carbocycles. The van der Waals surface area contributed by atoms with Gasteiger partial charge in [0, 0.05) is 38.1 Å². The Morgan fingerprint density at radius 2 is 1.43 bits per heavy atom. The van der Waals surface area contributed by atoms with Crippen molar-refractivity contribution in [2.24, 2.45) is 0 Å². The van der Waals surface area contributed by atoms with E-state index in [4.69, 9.17) is 0 Å². The normalized spacial score (nSPS) is 10.0. The molecule has 2 aromatic rings. The molecule has 0 saturated heterocycles. The number of rotatable bonds is 5. The minimum Gasteiger partial charge on any atom is -0.376 e. The second-order valence-electron chi connectivity index (χ2n) is 5.27. The highest BCUT2D eigenvalue weighted by Crippen LogP contribution is 2.17. The van der Waals surface area contributed by atoms with Crippen LogP contribution in [0, 0.1) is 0 Å². The molecule has 0 spiro atoms. The van der Waals surface area contributed by atoms with E-state index in [-0.39, 0.29) is 18.4 Å². The Kier molecular flexibility index (Phi) is 5.36. The first-order valence-corrected chi connectivity index (χ1v) is 7.39. The molecule has 2 amide bonds. The van der Waals surface area contributed by atoms with Gasteiger partial charge < -0.3 is 15.1 Å². The third kappa shape index (κ3) is 4.32. The molecular weight excluding hydrogens is 290 g/mol. The van der Waals surface area contributed by atoms with Gasteiger partial charge in [-0.05, 0) is 36.4 Å². The second kappa shape index (κ2) is 7.45. The zero-order valence-corrected chi connectivity index (χ0v) is 13.6. The molecule has 0 heterocycles. The van der Waals surface area contributed by atoms with Crippen LogP contribution in [0.3, 0.4) is 0 Å². The van der Waals surface area contributed by atoms with Crippen molar-refractivity contribution in [3.05, 3.63) is 54.6 Å². The van der Waals surface area contributed by atoms with Crippen LogP contribution in [-0.4, -0.2) is 32.5 Å². The Morgan fingerprint density at radius 1 is 0.870 bits per heavy atom. The number of likely N-dealkylation sites (N-methyl/N-ethyl adjacent to an activating group) is 1. The Morgan fingerprint density at radius 3 is 2.00 bits per heavy atom. The van der Waals surface area contributed by atoms with E-state index in [1.165, 1.54) is 6.92 Å². The third-order valence-electron chi connectivity index (χ3n) is 3.69. The van der Waals surface area contributed by atoms with Gasteiger partial charge in [-0.3, -0.25) is 9.59 Å². The van der Waals surface area contributed by atoms with Crippen LogP contribution in [0.1, 0.15) is 6.92 Å². The minimum atomic E-state index is -0.0267. The number of amides is 2. The topological polar surface area (TPSA) is 52.7 Å². The standard InChI is InChI=1S/C18H21N3O2/c1-14(22)20(2)17-11-9-15(10-12-17)19-13-18(23)21(3)16-7-5-4-6-8-16/h4-12,19H,13H2,1-3H3. The van der Waals surface area contributed by atoms with Crippen molar-refractivity contribution in [3.63, 3.8) is 0 Å². The predicted octanol–water partition coefficient (Wildman–Crippen LogP) is 2.74. The van der Waals surface area contributed by atoms with Gasteiger partial charge in [0.25, 0.3) is 0 Å². The molecule has 1 N–H and O–H groups in total. The molecule has 0 aromatic heterocycles. The number of hydrogen-bond acceptors (Lipinski definition) is 3. The Hall–Kier alpha value is -2.82. The van der Waals surface area contributed by atoms with E-state index in [0.29, 0.717) is 0 Å². The van der Waals surface area contributed by atoms with E-state index < -0.39 is 0 Å². The van der Waals surface area contributed by atoms with Crippen molar-refractivity contribution < 1.29 is 9.59 Å². The lowest BCUT2D eigenvalue weighted by atomic mass is 10.2. The zero-order valence-electron chi connectivity index (χ0n) is 13.6. The fraction of sp³-hybridized carbons (Fsp3) is 0.222. The quantitative estimate of drug-likeness (QED) is 0.924. The van der Waals surface area contributed by atoms with Gasteiger partial charge in [0.05, 0.1) is 6.54 Å². The van der Waals surface area contributed by atoms with E-state index >= 15 is 0 Å². The van der Waals surface area contributed by atoms with Crippen LogP contribution >= 0.6 is 0 Å². The van der Waals surface area contributed by atoms with Gasteiger partial charge in [0.1, 0.15) is 0 Å². The largest absolute Gasteiger partial charge is 0.376 e. The summed E-state index contributed by atoms with van der Waals surface area (Å²) < 4.78 is 0. The monoisotopic (exact) mass is 311 g/mol. The fourth-order valence-corrected chi connectivity index (χ4v) is 2.08. The van der Waals surface area contributed by atoms with Gasteiger partial charge in [0.2, 0.25) is 11.8 Å². The molecule has 0 fully saturated rings. The number of carbonyl (C=O) groups excluding carboxylic acids is 2. The molecule has 120 valence electrons. The zero-order chi connectivity index (χ0) is 16.8. The number of benzene rings is 2. The molecule has 0 aliphatic rings. The molecule has 2 aromatic carbocycles. The highest BCUT2D eigenvalue weighted by atomic mass is 16.2. The van der Waals surface area contributed by atoms with Crippen molar-refractivity contribution in [3.8, 4) is 0 Å². The van der Waals surface area contributed by atoms with Gasteiger partial charge in [-0.2, -0.15) is 0 Å². The maximum Gasteiger partial charge on any atom is 0.246 e. The summed E-state index contributed by atoms with van der Waals surface area (Å²) in [4.78, 5) is 26.7. The molecule has 5 heteroatoms. The molecule has 0 atom stereocenters. The minimum absolute atomic E-state index is 0.0228. The van der Waals surface area contributed by atoms with Gasteiger partial charge in [-0.15, -0.1) is 0 Å². The van der Waals surface area contributed by atoms with Crippen LogP contribution in [0.25, 0.3) is 0 Å². The molecule has 0 aliphatic heterocycles. The smallest absolute Gasteiger partial charge is 0.246 e. The summed E-state index contributed by atoms with van der Waals surface area (Å²) >= 11 is 0. The summed E-state index contributed by atoms with van der Waals surface area (Å²) in [7, 11) is 3.48. The van der Waals surface area contributed by atoms with Crippen LogP contribution in [0.2, 0.25) is 0 Å². The van der Waals surface area contributed by atoms with E-state index in [1.54, 1.807) is 23.9 Å². The van der Waals surface area contributed by atoms with Crippen LogP contribution in [0.5, 0.6) is 0 Å². The van der Waals surface area contributed by atoms with Crippen molar-refractivity contribution >= 4 is 28.9 Å². The van der Waals surface area contributed by atoms with Crippen LogP contribution < -0.4 is 15.1 Å². The van der Waals surface area contributed by atoms with Crippen molar-refractivity contribution in [2.75, 3.05) is 35.8 Å². The summed E-state index contributed by atoms with van der Waals surface area (Å²) in [5, 5.41) is 3.10. The molecule has 0 unspecified atom stereocenters. The van der Waals surface area contributed by atoms with E-state index in [0.717, 1.165) is 17.1 Å². The second-order valence-corrected chi connectivity index (χ2v) is 5.27. The Bertz CT molecular complexity index is 668. The first-order valence-electron chi connectivity index (χ1n) is 7.39. The summed E-state index contributed by atoms with van der Waals surface area (Å²) in [6.07, 6.45) is 0. The average molecular weight is 311 g/mol. The predicted molar refractivity (Wildman–Crippen MR) is 93.9 cm³/mol. The molecule has 2 rings (SSSR count). The van der Waals surface area contributed by atoms with Crippen LogP contribution in [0.15, 0.2) is 54.6 Å². The van der Waals surface area contributed by atoms with Crippen molar-refractivity contribution in [1.29, 1.82) is 0 Å². The average Bonchev–Trinajstić information content (AvgIpc) is 2.59. The summed E-state index contributed by atoms with van der Waals surface area (Å²) in [5.41, 5.74) is 2.51. The lowest BCUT2D eigenvalue weighted by molar-refractivity contribution is -0.117. The van der Waals surface area contributed by atoms with Crippen molar-refractivity contribution in [2.45, 2.75) is 6.92 Å². The van der Waals surface area contributed by atoms with Gasteiger partial charge in [0.15, 0.2) is 0 Å². The molecule has 0 saturated carbocycles. The van der Waals surface area contributed by atoms with E-state index in [9.17, 15) is 9.59 Å². The molecule has 0 bridgehead atoms. The maximum absolute atomic E-state index is 12.2. The summed E-state index contributed by atoms with van der Waals surface area (Å²) in [5.74, 6) is -0.0495.